The molecular formula is C20H31N3O2S. The van der Waals surface area contributed by atoms with Crippen LogP contribution in [0, 0.1) is 0 Å². The Bertz CT molecular complexity index is 626. The molecule has 0 radical (unpaired) electrons. The third kappa shape index (κ3) is 7.30. The Morgan fingerprint density at radius 2 is 1.96 bits per heavy atom. The molecule has 0 spiro atoms. The summed E-state index contributed by atoms with van der Waals surface area (Å²) in [4.78, 5) is 11.6. The summed E-state index contributed by atoms with van der Waals surface area (Å²) in [6.07, 6.45) is 5.06. The molecule has 1 aromatic carbocycles. The molecule has 144 valence electrons. The third-order valence-electron chi connectivity index (χ3n) is 3.98. The Labute approximate surface area is 161 Å². The molecule has 1 aliphatic heterocycles. The Kier molecular flexibility index (Phi) is 7.85. The lowest BCUT2D eigenvalue weighted by Gasteiger charge is -2.19. The summed E-state index contributed by atoms with van der Waals surface area (Å²) >= 11 is 1.61. The standard InChI is InChI=1S/C20H31N3O2S/c1-20(2,3)25-19(24)22-13-9-5-4-6-10-15-11-7-8-12-16(15)17-14-26-18(21)23-17/h7-8,11-12,14,18,23H,4-6,9-10,13,21H2,1-3H3,(H,22,24). The Balaban J connectivity index is 1.64. The number of nitrogens with one attached hydrogen (secondary N) is 2. The first-order chi connectivity index (χ1) is 12.3. The lowest BCUT2D eigenvalue weighted by molar-refractivity contribution is 0.0527. The molecule has 6 heteroatoms. The second-order valence-electron chi connectivity index (χ2n) is 7.48. The summed E-state index contributed by atoms with van der Waals surface area (Å²) in [6.45, 7) is 6.27. The van der Waals surface area contributed by atoms with Crippen LogP contribution in [0.2, 0.25) is 0 Å². The molecule has 0 saturated carbocycles. The van der Waals surface area contributed by atoms with Crippen molar-refractivity contribution in [2.75, 3.05) is 6.54 Å². The van der Waals surface area contributed by atoms with Gasteiger partial charge in [0.15, 0.2) is 0 Å². The van der Waals surface area contributed by atoms with E-state index in [1.807, 2.05) is 20.8 Å². The van der Waals surface area contributed by atoms with Crippen LogP contribution in [0.5, 0.6) is 0 Å². The first kappa shape index (κ1) is 20.6. The fraction of sp³-hybridized carbons (Fsp3) is 0.550. The molecule has 1 amide bonds. The van der Waals surface area contributed by atoms with E-state index in [-0.39, 0.29) is 11.6 Å². The average molecular weight is 378 g/mol. The fourth-order valence-electron chi connectivity index (χ4n) is 2.80. The minimum Gasteiger partial charge on any atom is -0.444 e. The predicted octanol–water partition coefficient (Wildman–Crippen LogP) is 4.19. The number of ether oxygens (including phenoxy) is 1. The molecule has 26 heavy (non-hydrogen) atoms. The highest BCUT2D eigenvalue weighted by Crippen LogP contribution is 2.27. The molecule has 1 aliphatic rings. The first-order valence-electron chi connectivity index (χ1n) is 9.28. The molecular weight excluding hydrogens is 346 g/mol. The number of carbonyl (C=O) groups is 1. The van der Waals surface area contributed by atoms with E-state index >= 15 is 0 Å². The minimum absolute atomic E-state index is 0.0458. The molecule has 1 unspecified atom stereocenters. The van der Waals surface area contributed by atoms with E-state index in [0.717, 1.165) is 37.8 Å². The van der Waals surface area contributed by atoms with Gasteiger partial charge in [0.05, 0.1) is 0 Å². The number of hydrogen-bond donors (Lipinski definition) is 3. The summed E-state index contributed by atoms with van der Waals surface area (Å²) in [7, 11) is 0. The van der Waals surface area contributed by atoms with E-state index < -0.39 is 5.60 Å². The molecule has 1 atom stereocenters. The van der Waals surface area contributed by atoms with Gasteiger partial charge in [-0.25, -0.2) is 4.79 Å². The molecule has 2 rings (SSSR count). The lowest BCUT2D eigenvalue weighted by atomic mass is 9.99. The number of thioether (sulfide) groups is 1. The van der Waals surface area contributed by atoms with Crippen molar-refractivity contribution in [1.29, 1.82) is 0 Å². The van der Waals surface area contributed by atoms with Crippen LogP contribution in [-0.4, -0.2) is 23.7 Å². The maximum absolute atomic E-state index is 11.6. The van der Waals surface area contributed by atoms with E-state index in [1.54, 1.807) is 11.8 Å². The van der Waals surface area contributed by atoms with Gasteiger partial charge in [0.1, 0.15) is 11.1 Å². The molecule has 4 N–H and O–H groups in total. The summed E-state index contributed by atoms with van der Waals surface area (Å²) in [5.74, 6) is 0. The van der Waals surface area contributed by atoms with Crippen LogP contribution in [0.1, 0.15) is 57.6 Å². The number of nitrogens with two attached hydrogens (primary N) is 1. The zero-order chi connectivity index (χ0) is 19.0. The number of unbranched alkanes of at least 4 members (excludes halogenated alkanes) is 3. The number of carbonyl (C=O) groups excluding carboxylic acids is 1. The van der Waals surface area contributed by atoms with Crippen LogP contribution in [0.25, 0.3) is 5.70 Å². The zero-order valence-electron chi connectivity index (χ0n) is 16.0. The number of aryl methyl sites for hydroxylation is 1. The van der Waals surface area contributed by atoms with Gasteiger partial charge >= 0.3 is 6.09 Å². The summed E-state index contributed by atoms with van der Waals surface area (Å²) in [5.41, 5.74) is 9.14. The van der Waals surface area contributed by atoms with Crippen molar-refractivity contribution in [3.8, 4) is 0 Å². The van der Waals surface area contributed by atoms with Gasteiger partial charge in [-0.2, -0.15) is 0 Å². The van der Waals surface area contributed by atoms with E-state index in [1.165, 1.54) is 11.1 Å². The minimum atomic E-state index is -0.441. The number of amides is 1. The van der Waals surface area contributed by atoms with Gasteiger partial charge < -0.3 is 21.1 Å². The van der Waals surface area contributed by atoms with Crippen molar-refractivity contribution < 1.29 is 9.53 Å². The Morgan fingerprint density at radius 3 is 2.65 bits per heavy atom. The van der Waals surface area contributed by atoms with Crippen molar-refractivity contribution >= 4 is 23.6 Å². The van der Waals surface area contributed by atoms with E-state index in [2.05, 4.69) is 40.3 Å². The van der Waals surface area contributed by atoms with Gasteiger partial charge in [0.25, 0.3) is 0 Å². The number of hydrogen-bond acceptors (Lipinski definition) is 5. The number of alkyl carbamates (subject to hydrolysis) is 1. The van der Waals surface area contributed by atoms with Crippen molar-refractivity contribution in [3.63, 3.8) is 0 Å². The fourth-order valence-corrected chi connectivity index (χ4v) is 3.48. The predicted molar refractivity (Wildman–Crippen MR) is 110 cm³/mol. The van der Waals surface area contributed by atoms with Gasteiger partial charge in [-0.1, -0.05) is 48.9 Å². The average Bonchev–Trinajstić information content (AvgIpc) is 2.99. The van der Waals surface area contributed by atoms with Gasteiger partial charge in [-0.3, -0.25) is 0 Å². The van der Waals surface area contributed by atoms with Crippen LogP contribution in [0.3, 0.4) is 0 Å². The maximum atomic E-state index is 11.6. The monoisotopic (exact) mass is 377 g/mol. The van der Waals surface area contributed by atoms with E-state index in [4.69, 9.17) is 10.5 Å². The van der Waals surface area contributed by atoms with Gasteiger partial charge in [-0.05, 0) is 51.0 Å². The van der Waals surface area contributed by atoms with Crippen molar-refractivity contribution in [3.05, 3.63) is 40.8 Å². The van der Waals surface area contributed by atoms with Crippen molar-refractivity contribution in [1.82, 2.24) is 10.6 Å². The normalized spacial score (nSPS) is 16.8. The second kappa shape index (κ2) is 9.88. The van der Waals surface area contributed by atoms with Crippen molar-refractivity contribution in [2.24, 2.45) is 5.73 Å². The Hall–Kier alpha value is -1.66. The Morgan fingerprint density at radius 1 is 1.23 bits per heavy atom. The van der Waals surface area contributed by atoms with Gasteiger partial charge in [0, 0.05) is 17.8 Å². The second-order valence-corrected chi connectivity index (χ2v) is 8.50. The molecule has 0 aromatic heterocycles. The smallest absolute Gasteiger partial charge is 0.407 e. The molecule has 0 aliphatic carbocycles. The maximum Gasteiger partial charge on any atom is 0.407 e. The number of benzene rings is 1. The molecule has 0 bridgehead atoms. The van der Waals surface area contributed by atoms with Crippen molar-refractivity contribution in [2.45, 2.75) is 64.0 Å². The molecule has 5 nitrogen and oxygen atoms in total. The lowest BCUT2D eigenvalue weighted by Crippen LogP contribution is -2.32. The zero-order valence-corrected chi connectivity index (χ0v) is 16.8. The molecule has 1 aromatic rings. The topological polar surface area (TPSA) is 76.4 Å². The van der Waals surface area contributed by atoms with Crippen LogP contribution >= 0.6 is 11.8 Å². The highest BCUT2D eigenvalue weighted by molar-refractivity contribution is 8.03. The van der Waals surface area contributed by atoms with E-state index in [9.17, 15) is 4.79 Å². The first-order valence-corrected chi connectivity index (χ1v) is 10.2. The summed E-state index contributed by atoms with van der Waals surface area (Å²) < 4.78 is 5.22. The van der Waals surface area contributed by atoms with Crippen LogP contribution < -0.4 is 16.4 Å². The summed E-state index contributed by atoms with van der Waals surface area (Å²) in [5, 5.41) is 8.22. The highest BCUT2D eigenvalue weighted by atomic mass is 32.2. The third-order valence-corrected chi connectivity index (χ3v) is 4.76. The van der Waals surface area contributed by atoms with Crippen LogP contribution in [0.15, 0.2) is 29.7 Å². The molecule has 0 saturated heterocycles. The quantitative estimate of drug-likeness (QED) is 0.592. The van der Waals surface area contributed by atoms with E-state index in [0.29, 0.717) is 6.54 Å². The summed E-state index contributed by atoms with van der Waals surface area (Å²) in [6, 6.07) is 8.50. The SMILES string of the molecule is CC(C)(C)OC(=O)NCCCCCCc1ccccc1C1=CSC(N)N1. The highest BCUT2D eigenvalue weighted by Gasteiger charge is 2.16. The van der Waals surface area contributed by atoms with Gasteiger partial charge in [0.2, 0.25) is 0 Å². The van der Waals surface area contributed by atoms with Crippen LogP contribution in [-0.2, 0) is 11.2 Å². The molecule has 0 fully saturated rings. The van der Waals surface area contributed by atoms with Gasteiger partial charge in [-0.15, -0.1) is 0 Å². The largest absolute Gasteiger partial charge is 0.444 e. The van der Waals surface area contributed by atoms with Crippen LogP contribution in [0.4, 0.5) is 4.79 Å². The molecule has 1 heterocycles. The number of rotatable bonds is 8.